The molecule has 0 fully saturated rings. The maximum atomic E-state index is 12.5. The van der Waals surface area contributed by atoms with E-state index in [1.54, 1.807) is 18.3 Å². The number of aliphatic carboxylic acids is 1. The minimum atomic E-state index is -5.08. The van der Waals surface area contributed by atoms with Gasteiger partial charge in [0.15, 0.2) is 5.82 Å². The normalized spacial score (nSPS) is 11.9. The molecule has 0 saturated heterocycles. The van der Waals surface area contributed by atoms with Gasteiger partial charge in [0.05, 0.1) is 23.1 Å². The first-order valence-corrected chi connectivity index (χ1v) is 6.88. The molecule has 2 rings (SSSR count). The van der Waals surface area contributed by atoms with Gasteiger partial charge >= 0.3 is 12.1 Å². The van der Waals surface area contributed by atoms with Crippen molar-refractivity contribution < 1.29 is 32.3 Å². The molecular weight excluding hydrogens is 395 g/mol. The van der Waals surface area contributed by atoms with Crippen molar-refractivity contribution in [1.82, 2.24) is 14.8 Å². The number of carbonyl (C=O) groups is 2. The quantitative estimate of drug-likeness (QED) is 0.607. The summed E-state index contributed by atoms with van der Waals surface area (Å²) in [7, 11) is 0. The summed E-state index contributed by atoms with van der Waals surface area (Å²) in [5, 5.41) is 13.7. The second-order valence-electron chi connectivity index (χ2n) is 4.08. The summed E-state index contributed by atoms with van der Waals surface area (Å²) in [4.78, 5) is 24.0. The highest BCUT2D eigenvalue weighted by Gasteiger charge is 2.38. The molecule has 0 aromatic carbocycles. The molecule has 136 valence electrons. The molecule has 1 unspecified atom stereocenters. The van der Waals surface area contributed by atoms with E-state index in [1.807, 2.05) is 0 Å². The van der Waals surface area contributed by atoms with Crippen molar-refractivity contribution in [2.45, 2.75) is 11.8 Å². The lowest BCUT2D eigenvalue weighted by atomic mass is 10.4. The molecule has 0 aliphatic carbocycles. The average molecular weight is 403 g/mol. The van der Waals surface area contributed by atoms with E-state index in [1.165, 1.54) is 17.1 Å². The van der Waals surface area contributed by atoms with Crippen molar-refractivity contribution in [3.8, 4) is 5.82 Å². The van der Waals surface area contributed by atoms with Crippen LogP contribution in [-0.4, -0.2) is 43.6 Å². The van der Waals surface area contributed by atoms with E-state index < -0.39 is 23.7 Å². The fraction of sp³-hybridized carbons (Fsp3) is 0.167. The number of carboxylic acids is 1. The predicted octanol–water partition coefficient (Wildman–Crippen LogP) is 3.03. The maximum Gasteiger partial charge on any atom is 0.490 e. The molecular formula is C12H8Cl2F4N4O3. The van der Waals surface area contributed by atoms with Crippen LogP contribution in [0, 0.1) is 0 Å². The summed E-state index contributed by atoms with van der Waals surface area (Å²) >= 11 is 10.9. The fourth-order valence-electron chi connectivity index (χ4n) is 1.25. The van der Waals surface area contributed by atoms with Gasteiger partial charge in [-0.05, 0) is 12.1 Å². The van der Waals surface area contributed by atoms with E-state index in [0.717, 1.165) is 0 Å². The third-order valence-corrected chi connectivity index (χ3v) is 2.74. The van der Waals surface area contributed by atoms with Crippen molar-refractivity contribution >= 4 is 40.8 Å². The molecule has 2 aromatic rings. The van der Waals surface area contributed by atoms with Gasteiger partial charge < -0.3 is 10.4 Å². The van der Waals surface area contributed by atoms with E-state index in [0.29, 0.717) is 16.5 Å². The fourth-order valence-corrected chi connectivity index (χ4v) is 1.51. The SMILES string of the molecule is O=C(Nc1cnn(-c2ncccc2Cl)c1)C(F)Cl.O=C(O)C(F)(F)F. The second-order valence-corrected chi connectivity index (χ2v) is 4.87. The highest BCUT2D eigenvalue weighted by Crippen LogP contribution is 2.18. The van der Waals surface area contributed by atoms with Gasteiger partial charge in [-0.2, -0.15) is 18.3 Å². The standard InChI is InChI=1S/C10H7Cl2FN4O.C2HF3O2/c11-7-2-1-3-14-9(7)17-5-6(4-15-17)16-10(18)8(12)13;3-2(4,5)1(6)7/h1-5,8H,(H,16,18);(H,6,7). The van der Waals surface area contributed by atoms with Crippen molar-refractivity contribution in [2.75, 3.05) is 5.32 Å². The van der Waals surface area contributed by atoms with E-state index in [-0.39, 0.29) is 0 Å². The zero-order valence-electron chi connectivity index (χ0n) is 11.8. The zero-order valence-corrected chi connectivity index (χ0v) is 13.3. The van der Waals surface area contributed by atoms with Crippen LogP contribution in [0.5, 0.6) is 0 Å². The average Bonchev–Trinajstić information content (AvgIpc) is 2.95. The minimum absolute atomic E-state index is 0.296. The van der Waals surface area contributed by atoms with Crippen LogP contribution < -0.4 is 5.32 Å². The largest absolute Gasteiger partial charge is 0.490 e. The van der Waals surface area contributed by atoms with Crippen molar-refractivity contribution in [2.24, 2.45) is 0 Å². The Morgan fingerprint density at radius 1 is 1.36 bits per heavy atom. The number of rotatable bonds is 3. The van der Waals surface area contributed by atoms with Gasteiger partial charge in [0.1, 0.15) is 0 Å². The van der Waals surface area contributed by atoms with Crippen molar-refractivity contribution in [3.63, 3.8) is 0 Å². The first-order chi connectivity index (χ1) is 11.5. The Hall–Kier alpha value is -2.40. The molecule has 13 heteroatoms. The Balaban J connectivity index is 0.000000381. The van der Waals surface area contributed by atoms with Gasteiger partial charge in [-0.3, -0.25) is 4.79 Å². The van der Waals surface area contributed by atoms with E-state index in [4.69, 9.17) is 33.1 Å². The van der Waals surface area contributed by atoms with E-state index >= 15 is 0 Å². The van der Waals surface area contributed by atoms with Crippen LogP contribution >= 0.6 is 23.2 Å². The topological polar surface area (TPSA) is 97.1 Å². The van der Waals surface area contributed by atoms with Crippen LogP contribution in [-0.2, 0) is 9.59 Å². The first-order valence-electron chi connectivity index (χ1n) is 6.07. The van der Waals surface area contributed by atoms with Gasteiger partial charge in [0.25, 0.3) is 11.5 Å². The molecule has 0 spiro atoms. The summed E-state index contributed by atoms with van der Waals surface area (Å²) in [6.07, 6.45) is -0.745. The molecule has 7 nitrogen and oxygen atoms in total. The third-order valence-electron chi connectivity index (χ3n) is 2.25. The molecule has 2 aromatic heterocycles. The predicted molar refractivity (Wildman–Crippen MR) is 79.4 cm³/mol. The minimum Gasteiger partial charge on any atom is -0.475 e. The number of anilines is 1. The number of hydrogen-bond donors (Lipinski definition) is 2. The second kappa shape index (κ2) is 8.62. The molecule has 2 N–H and O–H groups in total. The van der Waals surface area contributed by atoms with Crippen LogP contribution in [0.1, 0.15) is 0 Å². The summed E-state index contributed by atoms with van der Waals surface area (Å²) < 4.78 is 45.6. The number of pyridine rings is 1. The Kier molecular flexibility index (Phi) is 7.12. The number of halogens is 6. The summed E-state index contributed by atoms with van der Waals surface area (Å²) in [5.41, 5.74) is -1.81. The van der Waals surface area contributed by atoms with E-state index in [9.17, 15) is 22.4 Å². The molecule has 2 heterocycles. The molecule has 0 saturated carbocycles. The lowest BCUT2D eigenvalue weighted by molar-refractivity contribution is -0.192. The third kappa shape index (κ3) is 6.55. The number of nitrogens with one attached hydrogen (secondary N) is 1. The van der Waals surface area contributed by atoms with Gasteiger partial charge in [-0.15, -0.1) is 0 Å². The lowest BCUT2D eigenvalue weighted by Gasteiger charge is -2.02. The molecule has 0 radical (unpaired) electrons. The molecule has 1 amide bonds. The summed E-state index contributed by atoms with van der Waals surface area (Å²) in [6, 6.07) is 3.33. The number of carbonyl (C=O) groups excluding carboxylic acids is 1. The highest BCUT2D eigenvalue weighted by atomic mass is 35.5. The number of carboxylic acid groups (broad SMARTS) is 1. The smallest absolute Gasteiger partial charge is 0.475 e. The maximum absolute atomic E-state index is 12.5. The molecule has 0 bridgehead atoms. The number of alkyl halides is 5. The van der Waals surface area contributed by atoms with Gasteiger partial charge in [-0.25, -0.2) is 18.9 Å². The van der Waals surface area contributed by atoms with Gasteiger partial charge in [0.2, 0.25) is 0 Å². The monoisotopic (exact) mass is 402 g/mol. The van der Waals surface area contributed by atoms with Gasteiger partial charge in [-0.1, -0.05) is 23.2 Å². The molecule has 1 atom stereocenters. The van der Waals surface area contributed by atoms with Crippen LogP contribution in [0.2, 0.25) is 5.02 Å². The van der Waals surface area contributed by atoms with Crippen LogP contribution in [0.15, 0.2) is 30.7 Å². The Morgan fingerprint density at radius 3 is 2.44 bits per heavy atom. The first kappa shape index (κ1) is 20.6. The van der Waals surface area contributed by atoms with Crippen LogP contribution in [0.3, 0.4) is 0 Å². The number of amides is 1. The number of nitrogens with zero attached hydrogens (tertiary/aromatic N) is 3. The summed E-state index contributed by atoms with van der Waals surface area (Å²) in [5.74, 6) is -3.31. The lowest BCUT2D eigenvalue weighted by Crippen LogP contribution is -2.21. The zero-order chi connectivity index (χ0) is 19.2. The van der Waals surface area contributed by atoms with Gasteiger partial charge in [0, 0.05) is 6.20 Å². The number of hydrogen-bond acceptors (Lipinski definition) is 4. The van der Waals surface area contributed by atoms with Crippen LogP contribution in [0.4, 0.5) is 23.2 Å². The van der Waals surface area contributed by atoms with Crippen LogP contribution in [0.25, 0.3) is 5.82 Å². The van der Waals surface area contributed by atoms with Crippen molar-refractivity contribution in [3.05, 3.63) is 35.7 Å². The molecule has 0 aliphatic rings. The van der Waals surface area contributed by atoms with E-state index in [2.05, 4.69) is 15.4 Å². The highest BCUT2D eigenvalue weighted by molar-refractivity contribution is 6.32. The summed E-state index contributed by atoms with van der Waals surface area (Å²) in [6.45, 7) is 0. The molecule has 0 aliphatic heterocycles. The Labute approximate surface area is 147 Å². The Morgan fingerprint density at radius 2 is 1.96 bits per heavy atom. The van der Waals surface area contributed by atoms with Crippen molar-refractivity contribution in [1.29, 1.82) is 0 Å². The Bertz CT molecular complexity index is 752. The molecule has 25 heavy (non-hydrogen) atoms. The number of aromatic nitrogens is 3.